The molecule has 1 aliphatic heterocycles. The van der Waals surface area contributed by atoms with Gasteiger partial charge in [-0.05, 0) is 85.4 Å². The van der Waals surface area contributed by atoms with Crippen molar-refractivity contribution in [2.45, 2.75) is 117 Å². The van der Waals surface area contributed by atoms with Crippen LogP contribution in [0.25, 0.3) is 0 Å². The maximum Gasteiger partial charge on any atom is 0.302 e. The van der Waals surface area contributed by atoms with Gasteiger partial charge in [0.2, 0.25) is 5.91 Å². The number of rotatable bonds is 7. The first-order valence-corrected chi connectivity index (χ1v) is 15.3. The maximum atomic E-state index is 11.6. The largest absolute Gasteiger partial charge is 0.462 e. The fourth-order valence-electron chi connectivity index (χ4n) is 10.1. The van der Waals surface area contributed by atoms with E-state index in [1.807, 2.05) is 7.11 Å². The Hall–Kier alpha value is -1.40. The van der Waals surface area contributed by atoms with E-state index in [1.165, 1.54) is 19.8 Å². The van der Waals surface area contributed by atoms with Gasteiger partial charge in [0.05, 0.1) is 6.10 Å². The van der Waals surface area contributed by atoms with Crippen molar-refractivity contribution in [3.8, 4) is 0 Å². The predicted molar refractivity (Wildman–Crippen MR) is 147 cm³/mol. The number of fused-ring (bicyclic) bond motifs is 7. The van der Waals surface area contributed by atoms with Crippen LogP contribution in [0, 0.1) is 46.3 Å². The van der Waals surface area contributed by atoms with Crippen molar-refractivity contribution in [2.75, 3.05) is 13.7 Å². The summed E-state index contributed by atoms with van der Waals surface area (Å²) in [7, 11) is 1.83. The van der Waals surface area contributed by atoms with Crippen molar-refractivity contribution in [1.82, 2.24) is 5.32 Å². The molecular formula is C32H51NO5. The molecule has 0 unspecified atom stereocenters. The van der Waals surface area contributed by atoms with Gasteiger partial charge >= 0.3 is 5.97 Å². The first kappa shape index (κ1) is 28.1. The Balaban J connectivity index is 1.30. The van der Waals surface area contributed by atoms with Crippen LogP contribution in [0.15, 0.2) is 11.6 Å². The average molecular weight is 530 g/mol. The number of ether oxygens (including phenoxy) is 3. The molecule has 3 saturated carbocycles. The summed E-state index contributed by atoms with van der Waals surface area (Å²) in [6, 6.07) is 0. The van der Waals surface area contributed by atoms with Crippen molar-refractivity contribution >= 4 is 11.9 Å². The van der Waals surface area contributed by atoms with E-state index in [9.17, 15) is 9.59 Å². The normalized spacial score (nSPS) is 46.2. The molecule has 4 fully saturated rings. The summed E-state index contributed by atoms with van der Waals surface area (Å²) < 4.78 is 18.8. The van der Waals surface area contributed by atoms with Gasteiger partial charge in [0.25, 0.3) is 0 Å². The number of esters is 1. The third kappa shape index (κ3) is 4.56. The first-order valence-electron chi connectivity index (χ1n) is 15.3. The van der Waals surface area contributed by atoms with Crippen molar-refractivity contribution in [3.63, 3.8) is 0 Å². The predicted octanol–water partition coefficient (Wildman–Crippen LogP) is 6.04. The number of allylic oxidation sites excluding steroid dienone is 1. The Morgan fingerprint density at radius 1 is 1.18 bits per heavy atom. The van der Waals surface area contributed by atoms with Crippen molar-refractivity contribution in [3.05, 3.63) is 11.6 Å². The van der Waals surface area contributed by atoms with Gasteiger partial charge in [0, 0.05) is 46.3 Å². The van der Waals surface area contributed by atoms with Gasteiger partial charge < -0.3 is 19.5 Å². The molecule has 1 saturated heterocycles. The molecule has 6 heteroatoms. The third-order valence-corrected chi connectivity index (χ3v) is 12.1. The van der Waals surface area contributed by atoms with Crippen LogP contribution in [0.3, 0.4) is 0 Å². The second kappa shape index (κ2) is 10.2. The number of hydrogen-bond acceptors (Lipinski definition) is 5. The molecule has 0 aromatic heterocycles. The van der Waals surface area contributed by atoms with Gasteiger partial charge in [-0.1, -0.05) is 39.3 Å². The van der Waals surface area contributed by atoms with Crippen LogP contribution in [0.1, 0.15) is 99.3 Å². The molecule has 5 rings (SSSR count). The van der Waals surface area contributed by atoms with E-state index >= 15 is 0 Å². The summed E-state index contributed by atoms with van der Waals surface area (Å²) in [5, 5.41) is 2.96. The Morgan fingerprint density at radius 2 is 1.95 bits per heavy atom. The monoisotopic (exact) mass is 529 g/mol. The number of carbonyl (C=O) groups is 2. The highest BCUT2D eigenvalue weighted by molar-refractivity contribution is 5.72. The summed E-state index contributed by atoms with van der Waals surface area (Å²) in [4.78, 5) is 22.9. The maximum absolute atomic E-state index is 11.6. The summed E-state index contributed by atoms with van der Waals surface area (Å²) in [5.74, 6) is 2.74. The molecular weight excluding hydrogens is 478 g/mol. The highest BCUT2D eigenvalue weighted by Crippen LogP contribution is 2.70. The van der Waals surface area contributed by atoms with Gasteiger partial charge in [0.15, 0.2) is 5.79 Å². The minimum atomic E-state index is -0.522. The smallest absolute Gasteiger partial charge is 0.302 e. The average Bonchev–Trinajstić information content (AvgIpc) is 3.31. The second-order valence-electron chi connectivity index (χ2n) is 14.1. The van der Waals surface area contributed by atoms with Crippen LogP contribution in [-0.4, -0.2) is 43.5 Å². The Kier molecular flexibility index (Phi) is 7.56. The first-order chi connectivity index (χ1) is 17.9. The molecule has 0 aromatic rings. The van der Waals surface area contributed by atoms with Crippen molar-refractivity contribution in [1.29, 1.82) is 0 Å². The molecule has 0 radical (unpaired) electrons. The van der Waals surface area contributed by atoms with Crippen LogP contribution in [0.5, 0.6) is 0 Å². The molecule has 1 heterocycles. The summed E-state index contributed by atoms with van der Waals surface area (Å²) in [6.07, 6.45) is 12.6. The molecule has 1 N–H and O–H groups in total. The lowest BCUT2D eigenvalue weighted by atomic mass is 9.47. The Morgan fingerprint density at radius 3 is 2.63 bits per heavy atom. The van der Waals surface area contributed by atoms with Crippen LogP contribution in [-0.2, 0) is 23.8 Å². The van der Waals surface area contributed by atoms with Crippen molar-refractivity contribution < 1.29 is 23.8 Å². The molecule has 1 amide bonds. The van der Waals surface area contributed by atoms with Crippen molar-refractivity contribution in [2.24, 2.45) is 46.3 Å². The van der Waals surface area contributed by atoms with Gasteiger partial charge in [0.1, 0.15) is 6.10 Å². The molecule has 0 aromatic carbocycles. The van der Waals surface area contributed by atoms with E-state index in [2.05, 4.69) is 39.1 Å². The lowest BCUT2D eigenvalue weighted by Crippen LogP contribution is -2.52. The van der Waals surface area contributed by atoms with Gasteiger partial charge in [-0.15, -0.1) is 0 Å². The highest BCUT2D eigenvalue weighted by Gasteiger charge is 2.68. The van der Waals surface area contributed by atoms with Gasteiger partial charge in [-0.3, -0.25) is 9.59 Å². The fourth-order valence-corrected chi connectivity index (χ4v) is 10.1. The molecule has 38 heavy (non-hydrogen) atoms. The SMILES string of the molecule is CO[C@]1(CC[C@@H](C)CNC(C)=O)O[C@@H]2C[C@H]3[C@H]4CC=C5C[C@H](OC(C)=O)CC[C@]5(C)[C@@H]4CC[C@]3(C)[C@H]2[C@H]1C. The number of hydrogen-bond donors (Lipinski definition) is 1. The van der Waals surface area contributed by atoms with Crippen LogP contribution < -0.4 is 5.32 Å². The zero-order chi connectivity index (χ0) is 27.5. The number of carbonyl (C=O) groups excluding carboxylic acids is 2. The lowest BCUT2D eigenvalue weighted by molar-refractivity contribution is -0.238. The number of nitrogens with one attached hydrogen (secondary N) is 1. The van der Waals surface area contributed by atoms with Crippen LogP contribution in [0.2, 0.25) is 0 Å². The lowest BCUT2D eigenvalue weighted by Gasteiger charge is -2.58. The molecule has 5 aliphatic rings. The van der Waals surface area contributed by atoms with E-state index in [0.29, 0.717) is 36.1 Å². The zero-order valence-electron chi connectivity index (χ0n) is 24.8. The van der Waals surface area contributed by atoms with E-state index in [0.717, 1.165) is 50.9 Å². The Bertz CT molecular complexity index is 963. The molecule has 11 atom stereocenters. The summed E-state index contributed by atoms with van der Waals surface area (Å²) in [5.41, 5.74) is 2.07. The quantitative estimate of drug-likeness (QED) is 0.322. The fraction of sp³-hybridized carbons (Fsp3) is 0.875. The minimum Gasteiger partial charge on any atom is -0.462 e. The number of amides is 1. The summed E-state index contributed by atoms with van der Waals surface area (Å²) >= 11 is 0. The molecule has 0 spiro atoms. The standard InChI is InChI=1S/C32H51NO5/c1-19(18-33-21(3)34)10-15-32(36-7)20(2)29-28(38-32)17-27-25-9-8-23-16-24(37-22(4)35)11-13-30(23,5)26(25)12-14-31(27,29)6/h8,19-20,24-29H,9-18H2,1-7H3,(H,33,34)/t19-,20-,24-,25+,26-,27+,28-,29+,30+,31+,32-/m1/s1. The molecule has 4 aliphatic carbocycles. The third-order valence-electron chi connectivity index (χ3n) is 12.1. The van der Waals surface area contributed by atoms with E-state index in [4.69, 9.17) is 14.2 Å². The topological polar surface area (TPSA) is 73.9 Å². The second-order valence-corrected chi connectivity index (χ2v) is 14.1. The highest BCUT2D eigenvalue weighted by atomic mass is 16.7. The van der Waals surface area contributed by atoms with E-state index < -0.39 is 5.79 Å². The van der Waals surface area contributed by atoms with Gasteiger partial charge in [-0.2, -0.15) is 0 Å². The molecule has 6 nitrogen and oxygen atoms in total. The van der Waals surface area contributed by atoms with Crippen LogP contribution >= 0.6 is 0 Å². The Labute approximate surface area is 230 Å². The molecule has 214 valence electrons. The number of methoxy groups -OCH3 is 1. The van der Waals surface area contributed by atoms with Crippen LogP contribution in [0.4, 0.5) is 0 Å². The van der Waals surface area contributed by atoms with Gasteiger partial charge in [-0.25, -0.2) is 0 Å². The summed E-state index contributed by atoms with van der Waals surface area (Å²) in [6.45, 7) is 13.5. The minimum absolute atomic E-state index is 0.0314. The molecule has 0 bridgehead atoms. The van der Waals surface area contributed by atoms with E-state index in [1.54, 1.807) is 12.5 Å². The zero-order valence-corrected chi connectivity index (χ0v) is 24.8. The van der Waals surface area contributed by atoms with E-state index in [-0.39, 0.29) is 34.9 Å².